The highest BCUT2D eigenvalue weighted by molar-refractivity contribution is 6.31. The molecule has 5 nitrogen and oxygen atoms in total. The van der Waals surface area contributed by atoms with Crippen molar-refractivity contribution >= 4 is 29.0 Å². The Kier molecular flexibility index (Phi) is 6.33. The molecule has 0 atom stereocenters. The van der Waals surface area contributed by atoms with E-state index in [9.17, 15) is 9.18 Å². The third-order valence-corrected chi connectivity index (χ3v) is 4.13. The zero-order chi connectivity index (χ0) is 19.1. The molecule has 0 unspecified atom stereocenters. The van der Waals surface area contributed by atoms with E-state index < -0.39 is 5.82 Å². The van der Waals surface area contributed by atoms with Crippen molar-refractivity contribution < 1.29 is 9.18 Å². The first kappa shape index (κ1) is 18.8. The molecule has 2 aromatic heterocycles. The van der Waals surface area contributed by atoms with Crippen molar-refractivity contribution in [2.45, 2.75) is 12.8 Å². The van der Waals surface area contributed by atoms with Gasteiger partial charge in [0.1, 0.15) is 11.6 Å². The molecule has 0 saturated heterocycles. The fourth-order valence-electron chi connectivity index (χ4n) is 2.48. The molecule has 0 radical (unpaired) electrons. The summed E-state index contributed by atoms with van der Waals surface area (Å²) in [5.41, 5.74) is 1.91. The van der Waals surface area contributed by atoms with Crippen LogP contribution in [0.4, 0.5) is 15.9 Å². The van der Waals surface area contributed by atoms with Crippen molar-refractivity contribution in [2.24, 2.45) is 0 Å². The average Bonchev–Trinajstić information content (AvgIpc) is 2.69. The number of aryl methyl sites for hydroxylation is 1. The smallest absolute Gasteiger partial charge is 0.255 e. The molecule has 138 valence electrons. The standard InChI is InChI=1S/C20H18ClFN4O/c21-17-13-16(6-7-18(17)22)26-20(27)14-8-11-25-19(12-14)24-10-3-5-15-4-1-2-9-23-15/h1-2,4,6-9,11-13H,3,5,10H2,(H,24,25)(H,26,27). The Morgan fingerprint density at radius 1 is 1.07 bits per heavy atom. The summed E-state index contributed by atoms with van der Waals surface area (Å²) in [6.45, 7) is 0.711. The van der Waals surface area contributed by atoms with Crippen molar-refractivity contribution in [3.05, 3.63) is 83.0 Å². The second-order valence-electron chi connectivity index (χ2n) is 5.86. The van der Waals surface area contributed by atoms with Crippen LogP contribution in [0.3, 0.4) is 0 Å². The Labute approximate surface area is 161 Å². The topological polar surface area (TPSA) is 66.9 Å². The SMILES string of the molecule is O=C(Nc1ccc(F)c(Cl)c1)c1ccnc(NCCCc2ccccn2)c1. The van der Waals surface area contributed by atoms with Gasteiger partial charge in [0.25, 0.3) is 5.91 Å². The molecule has 3 rings (SSSR count). The van der Waals surface area contributed by atoms with Gasteiger partial charge in [-0.15, -0.1) is 0 Å². The zero-order valence-electron chi connectivity index (χ0n) is 14.5. The maximum absolute atomic E-state index is 13.2. The first-order chi connectivity index (χ1) is 13.1. The Balaban J connectivity index is 1.54. The monoisotopic (exact) mass is 384 g/mol. The number of pyridine rings is 2. The van der Waals surface area contributed by atoms with Crippen LogP contribution in [0.1, 0.15) is 22.5 Å². The van der Waals surface area contributed by atoms with Gasteiger partial charge >= 0.3 is 0 Å². The molecule has 0 aliphatic heterocycles. The van der Waals surface area contributed by atoms with Crippen molar-refractivity contribution in [3.63, 3.8) is 0 Å². The number of carbonyl (C=O) groups is 1. The molecular weight excluding hydrogens is 367 g/mol. The zero-order valence-corrected chi connectivity index (χ0v) is 15.2. The van der Waals surface area contributed by atoms with Crippen LogP contribution < -0.4 is 10.6 Å². The Morgan fingerprint density at radius 3 is 2.74 bits per heavy atom. The Morgan fingerprint density at radius 2 is 1.96 bits per heavy atom. The number of hydrogen-bond acceptors (Lipinski definition) is 4. The van der Waals surface area contributed by atoms with E-state index in [4.69, 9.17) is 11.6 Å². The molecule has 3 aromatic rings. The van der Waals surface area contributed by atoms with E-state index in [1.54, 1.807) is 24.5 Å². The Bertz CT molecular complexity index is 921. The molecule has 0 aliphatic rings. The number of rotatable bonds is 7. The van der Waals surface area contributed by atoms with Crippen molar-refractivity contribution in [2.75, 3.05) is 17.2 Å². The lowest BCUT2D eigenvalue weighted by Crippen LogP contribution is -2.13. The maximum atomic E-state index is 13.2. The molecule has 0 aliphatic carbocycles. The fourth-order valence-corrected chi connectivity index (χ4v) is 2.66. The molecule has 2 N–H and O–H groups in total. The lowest BCUT2D eigenvalue weighted by atomic mass is 10.2. The van der Waals surface area contributed by atoms with Crippen LogP contribution in [-0.2, 0) is 6.42 Å². The van der Waals surface area contributed by atoms with Crippen LogP contribution in [0.25, 0.3) is 0 Å². The van der Waals surface area contributed by atoms with E-state index in [2.05, 4.69) is 20.6 Å². The van der Waals surface area contributed by atoms with E-state index in [1.807, 2.05) is 18.2 Å². The fraction of sp³-hybridized carbons (Fsp3) is 0.150. The number of aromatic nitrogens is 2. The van der Waals surface area contributed by atoms with Gasteiger partial charge in [0, 0.05) is 35.9 Å². The van der Waals surface area contributed by atoms with Crippen molar-refractivity contribution in [1.29, 1.82) is 0 Å². The summed E-state index contributed by atoms with van der Waals surface area (Å²) >= 11 is 5.73. The van der Waals surface area contributed by atoms with E-state index in [1.165, 1.54) is 18.2 Å². The highest BCUT2D eigenvalue weighted by Gasteiger charge is 2.09. The number of hydrogen-bond donors (Lipinski definition) is 2. The molecule has 0 spiro atoms. The molecule has 1 amide bonds. The van der Waals surface area contributed by atoms with Crippen molar-refractivity contribution in [3.8, 4) is 0 Å². The normalized spacial score (nSPS) is 10.4. The van der Waals surface area contributed by atoms with Gasteiger partial charge in [0.15, 0.2) is 0 Å². The van der Waals surface area contributed by atoms with E-state index >= 15 is 0 Å². The summed E-state index contributed by atoms with van der Waals surface area (Å²) in [7, 11) is 0. The Hall–Kier alpha value is -2.99. The lowest BCUT2D eigenvalue weighted by Gasteiger charge is -2.09. The largest absolute Gasteiger partial charge is 0.370 e. The average molecular weight is 385 g/mol. The number of benzene rings is 1. The molecule has 27 heavy (non-hydrogen) atoms. The maximum Gasteiger partial charge on any atom is 0.255 e. The summed E-state index contributed by atoms with van der Waals surface area (Å²) in [6, 6.07) is 13.2. The van der Waals surface area contributed by atoms with Crippen molar-refractivity contribution in [1.82, 2.24) is 9.97 Å². The van der Waals surface area contributed by atoms with Gasteiger partial charge in [-0.25, -0.2) is 9.37 Å². The molecule has 0 bridgehead atoms. The van der Waals surface area contributed by atoms with Crippen LogP contribution in [-0.4, -0.2) is 22.4 Å². The van der Waals surface area contributed by atoms with E-state index in [0.29, 0.717) is 23.6 Å². The van der Waals surface area contributed by atoms with Gasteiger partial charge in [0.05, 0.1) is 5.02 Å². The van der Waals surface area contributed by atoms with Crippen LogP contribution in [0.5, 0.6) is 0 Å². The van der Waals surface area contributed by atoms with Gasteiger partial charge < -0.3 is 10.6 Å². The summed E-state index contributed by atoms with van der Waals surface area (Å²) in [6.07, 6.45) is 5.09. The van der Waals surface area contributed by atoms with Crippen LogP contribution in [0, 0.1) is 5.82 Å². The third kappa shape index (κ3) is 5.49. The third-order valence-electron chi connectivity index (χ3n) is 3.84. The second-order valence-corrected chi connectivity index (χ2v) is 6.27. The van der Waals surface area contributed by atoms with Gasteiger partial charge in [-0.2, -0.15) is 0 Å². The molecule has 0 saturated carbocycles. The van der Waals surface area contributed by atoms with Gasteiger partial charge in [-0.05, 0) is 55.3 Å². The van der Waals surface area contributed by atoms with E-state index in [-0.39, 0.29) is 10.9 Å². The molecule has 1 aromatic carbocycles. The summed E-state index contributed by atoms with van der Waals surface area (Å²) < 4.78 is 13.2. The van der Waals surface area contributed by atoms with E-state index in [0.717, 1.165) is 18.5 Å². The van der Waals surface area contributed by atoms with Gasteiger partial charge in [0.2, 0.25) is 0 Å². The number of carbonyl (C=O) groups excluding carboxylic acids is 1. The predicted molar refractivity (Wildman–Crippen MR) is 105 cm³/mol. The predicted octanol–water partition coefficient (Wildman–Crippen LogP) is 4.57. The minimum Gasteiger partial charge on any atom is -0.370 e. The lowest BCUT2D eigenvalue weighted by molar-refractivity contribution is 0.102. The van der Waals surface area contributed by atoms with Crippen LogP contribution in [0.15, 0.2) is 60.9 Å². The molecular formula is C20H18ClFN4O. The van der Waals surface area contributed by atoms with Gasteiger partial charge in [-0.3, -0.25) is 9.78 Å². The minimum absolute atomic E-state index is 0.0437. The van der Waals surface area contributed by atoms with Crippen LogP contribution in [0.2, 0.25) is 5.02 Å². The molecule has 7 heteroatoms. The number of anilines is 2. The highest BCUT2D eigenvalue weighted by atomic mass is 35.5. The van der Waals surface area contributed by atoms with Gasteiger partial charge in [-0.1, -0.05) is 17.7 Å². The second kappa shape index (κ2) is 9.09. The highest BCUT2D eigenvalue weighted by Crippen LogP contribution is 2.20. The summed E-state index contributed by atoms with van der Waals surface area (Å²) in [4.78, 5) is 20.9. The molecule has 2 heterocycles. The number of amides is 1. The molecule has 0 fully saturated rings. The first-order valence-corrected chi connectivity index (χ1v) is 8.86. The number of halogens is 2. The number of nitrogens with zero attached hydrogens (tertiary/aromatic N) is 2. The summed E-state index contributed by atoms with van der Waals surface area (Å²) in [5, 5.41) is 5.85. The number of nitrogens with one attached hydrogen (secondary N) is 2. The minimum atomic E-state index is -0.532. The quantitative estimate of drug-likeness (QED) is 0.586. The summed E-state index contributed by atoms with van der Waals surface area (Å²) in [5.74, 6) is -0.242. The van der Waals surface area contributed by atoms with Crippen LogP contribution >= 0.6 is 11.6 Å². The first-order valence-electron chi connectivity index (χ1n) is 8.48.